The van der Waals surface area contributed by atoms with E-state index in [0.29, 0.717) is 0 Å². The monoisotopic (exact) mass is 218 g/mol. The molecule has 1 atom stereocenters. The molecule has 0 aromatic heterocycles. The normalized spacial score (nSPS) is 19.8. The lowest BCUT2D eigenvalue weighted by atomic mass is 9.97. The molecule has 0 aliphatic heterocycles. The van der Waals surface area contributed by atoms with E-state index >= 15 is 0 Å². The molecule has 0 saturated heterocycles. The van der Waals surface area contributed by atoms with E-state index in [1.807, 2.05) is 12.1 Å². The zero-order valence-electron chi connectivity index (χ0n) is 10.1. The second kappa shape index (κ2) is 4.30. The molecule has 0 heterocycles. The molecule has 1 aliphatic carbocycles. The Morgan fingerprint density at radius 2 is 2.06 bits per heavy atom. The van der Waals surface area contributed by atoms with Gasteiger partial charge in [-0.15, -0.1) is 0 Å². The molecule has 86 valence electrons. The maximum absolute atomic E-state index is 9.55. The molecule has 0 spiro atoms. The van der Waals surface area contributed by atoms with Gasteiger partial charge in [0, 0.05) is 5.56 Å². The Morgan fingerprint density at radius 1 is 1.31 bits per heavy atom. The Balaban J connectivity index is 2.51. The number of methoxy groups -OCH3 is 1. The van der Waals surface area contributed by atoms with E-state index in [-0.39, 0.29) is 6.10 Å². The SMILES string of the molecule is COc1cc(C)cc(C)c1C1=CC(O)CC1. The first-order chi connectivity index (χ1) is 7.61. The summed E-state index contributed by atoms with van der Waals surface area (Å²) in [7, 11) is 1.70. The third-order valence-corrected chi connectivity index (χ3v) is 3.09. The van der Waals surface area contributed by atoms with Crippen LogP contribution in [0.2, 0.25) is 0 Å². The lowest BCUT2D eigenvalue weighted by Crippen LogP contribution is -1.95. The van der Waals surface area contributed by atoms with Crippen LogP contribution in [0.25, 0.3) is 5.57 Å². The van der Waals surface area contributed by atoms with Gasteiger partial charge < -0.3 is 9.84 Å². The van der Waals surface area contributed by atoms with Crippen molar-refractivity contribution >= 4 is 5.57 Å². The van der Waals surface area contributed by atoms with Crippen molar-refractivity contribution in [1.29, 1.82) is 0 Å². The topological polar surface area (TPSA) is 29.5 Å². The van der Waals surface area contributed by atoms with Gasteiger partial charge in [0.25, 0.3) is 0 Å². The number of aryl methyl sites for hydroxylation is 2. The number of ether oxygens (including phenoxy) is 1. The van der Waals surface area contributed by atoms with Crippen LogP contribution in [0.4, 0.5) is 0 Å². The van der Waals surface area contributed by atoms with E-state index < -0.39 is 0 Å². The molecule has 0 radical (unpaired) electrons. The quantitative estimate of drug-likeness (QED) is 0.827. The van der Waals surface area contributed by atoms with Crippen molar-refractivity contribution in [2.75, 3.05) is 7.11 Å². The molecule has 1 unspecified atom stereocenters. The highest BCUT2D eigenvalue weighted by Crippen LogP contribution is 2.36. The van der Waals surface area contributed by atoms with Gasteiger partial charge in [-0.05, 0) is 49.5 Å². The summed E-state index contributed by atoms with van der Waals surface area (Å²) in [5, 5.41) is 9.55. The molecule has 0 bridgehead atoms. The fraction of sp³-hybridized carbons (Fsp3) is 0.429. The van der Waals surface area contributed by atoms with Gasteiger partial charge >= 0.3 is 0 Å². The summed E-state index contributed by atoms with van der Waals surface area (Å²) in [4.78, 5) is 0. The molecule has 2 heteroatoms. The summed E-state index contributed by atoms with van der Waals surface area (Å²) in [5.41, 5.74) is 4.79. The first kappa shape index (κ1) is 11.2. The van der Waals surface area contributed by atoms with Gasteiger partial charge in [-0.2, -0.15) is 0 Å². The number of allylic oxidation sites excluding steroid dienone is 1. The summed E-state index contributed by atoms with van der Waals surface area (Å²) in [6.45, 7) is 4.16. The third-order valence-electron chi connectivity index (χ3n) is 3.09. The van der Waals surface area contributed by atoms with E-state index in [4.69, 9.17) is 4.74 Å². The van der Waals surface area contributed by atoms with Gasteiger partial charge in [-0.3, -0.25) is 0 Å². The van der Waals surface area contributed by atoms with E-state index in [9.17, 15) is 5.11 Å². The van der Waals surface area contributed by atoms with E-state index in [1.54, 1.807) is 7.11 Å². The lowest BCUT2D eigenvalue weighted by molar-refractivity contribution is 0.223. The van der Waals surface area contributed by atoms with Gasteiger partial charge in [0.15, 0.2) is 0 Å². The fourth-order valence-corrected chi connectivity index (χ4v) is 2.41. The zero-order chi connectivity index (χ0) is 11.7. The Hall–Kier alpha value is -1.28. The van der Waals surface area contributed by atoms with Crippen LogP contribution in [-0.2, 0) is 0 Å². The van der Waals surface area contributed by atoms with Crippen LogP contribution < -0.4 is 4.74 Å². The van der Waals surface area contributed by atoms with Crippen LogP contribution in [0.5, 0.6) is 5.75 Å². The Bertz CT molecular complexity index is 433. The number of aliphatic hydroxyl groups excluding tert-OH is 1. The summed E-state index contributed by atoms with van der Waals surface area (Å²) in [6, 6.07) is 4.21. The van der Waals surface area contributed by atoms with Crippen LogP contribution in [0.1, 0.15) is 29.5 Å². The van der Waals surface area contributed by atoms with E-state index in [2.05, 4.69) is 19.9 Å². The second-order valence-electron chi connectivity index (χ2n) is 4.46. The highest BCUT2D eigenvalue weighted by Gasteiger charge is 2.19. The van der Waals surface area contributed by atoms with Crippen molar-refractivity contribution in [2.24, 2.45) is 0 Å². The minimum absolute atomic E-state index is 0.291. The maximum Gasteiger partial charge on any atom is 0.126 e. The van der Waals surface area contributed by atoms with Gasteiger partial charge in [-0.25, -0.2) is 0 Å². The minimum Gasteiger partial charge on any atom is -0.496 e. The number of rotatable bonds is 2. The molecule has 1 aromatic rings. The Morgan fingerprint density at radius 3 is 2.62 bits per heavy atom. The maximum atomic E-state index is 9.55. The molecule has 0 amide bonds. The van der Waals surface area contributed by atoms with Crippen molar-refractivity contribution < 1.29 is 9.84 Å². The standard InChI is InChI=1S/C14H18O2/c1-9-6-10(2)14(13(7-9)16-3)11-4-5-12(15)8-11/h6-8,12,15H,4-5H2,1-3H3. The molecule has 2 rings (SSSR count). The molecule has 0 saturated carbocycles. The minimum atomic E-state index is -0.291. The highest BCUT2D eigenvalue weighted by molar-refractivity contribution is 5.75. The molecule has 16 heavy (non-hydrogen) atoms. The number of hydrogen-bond donors (Lipinski definition) is 1. The van der Waals surface area contributed by atoms with Gasteiger partial charge in [0.2, 0.25) is 0 Å². The fourth-order valence-electron chi connectivity index (χ4n) is 2.41. The molecular formula is C14H18O2. The van der Waals surface area contributed by atoms with Crippen LogP contribution in [-0.4, -0.2) is 18.3 Å². The molecule has 0 fully saturated rings. The van der Waals surface area contributed by atoms with E-state index in [1.165, 1.54) is 16.7 Å². The van der Waals surface area contributed by atoms with Gasteiger partial charge in [-0.1, -0.05) is 12.1 Å². The van der Waals surface area contributed by atoms with Crippen molar-refractivity contribution in [2.45, 2.75) is 32.8 Å². The largest absolute Gasteiger partial charge is 0.496 e. The average Bonchev–Trinajstić information content (AvgIpc) is 2.63. The number of aliphatic hydroxyl groups is 1. The molecule has 1 aromatic carbocycles. The molecule has 1 N–H and O–H groups in total. The average molecular weight is 218 g/mol. The lowest BCUT2D eigenvalue weighted by Gasteiger charge is -2.13. The first-order valence-electron chi connectivity index (χ1n) is 5.66. The Labute approximate surface area is 96.6 Å². The van der Waals surface area contributed by atoms with Crippen molar-refractivity contribution in [3.63, 3.8) is 0 Å². The third kappa shape index (κ3) is 1.98. The highest BCUT2D eigenvalue weighted by atomic mass is 16.5. The van der Waals surface area contributed by atoms with Crippen LogP contribution in [0.15, 0.2) is 18.2 Å². The second-order valence-corrected chi connectivity index (χ2v) is 4.46. The Kier molecular flexibility index (Phi) is 3.01. The van der Waals surface area contributed by atoms with Gasteiger partial charge in [0.1, 0.15) is 5.75 Å². The van der Waals surface area contributed by atoms with Crippen LogP contribution in [0, 0.1) is 13.8 Å². The molecule has 1 aliphatic rings. The van der Waals surface area contributed by atoms with Crippen LogP contribution >= 0.6 is 0 Å². The van der Waals surface area contributed by atoms with E-state index in [0.717, 1.165) is 24.2 Å². The van der Waals surface area contributed by atoms with Crippen molar-refractivity contribution in [3.05, 3.63) is 34.9 Å². The summed E-state index contributed by atoms with van der Waals surface area (Å²) in [6.07, 6.45) is 3.41. The molecule has 2 nitrogen and oxygen atoms in total. The summed E-state index contributed by atoms with van der Waals surface area (Å²) < 4.78 is 5.43. The smallest absolute Gasteiger partial charge is 0.126 e. The molecular weight excluding hydrogens is 200 g/mol. The van der Waals surface area contributed by atoms with Gasteiger partial charge in [0.05, 0.1) is 13.2 Å². The summed E-state index contributed by atoms with van der Waals surface area (Å²) in [5.74, 6) is 0.915. The predicted octanol–water partition coefficient (Wildman–Crippen LogP) is 2.85. The van der Waals surface area contributed by atoms with Crippen LogP contribution in [0.3, 0.4) is 0 Å². The number of benzene rings is 1. The van der Waals surface area contributed by atoms with Crippen molar-refractivity contribution in [3.8, 4) is 5.75 Å². The number of hydrogen-bond acceptors (Lipinski definition) is 2. The zero-order valence-corrected chi connectivity index (χ0v) is 10.1. The van der Waals surface area contributed by atoms with Crippen molar-refractivity contribution in [1.82, 2.24) is 0 Å². The first-order valence-corrected chi connectivity index (χ1v) is 5.66. The predicted molar refractivity (Wildman–Crippen MR) is 65.7 cm³/mol. The summed E-state index contributed by atoms with van der Waals surface area (Å²) >= 11 is 0.